The van der Waals surface area contributed by atoms with Crippen LogP contribution in [-0.4, -0.2) is 33.3 Å². The first kappa shape index (κ1) is 16.0. The Morgan fingerprint density at radius 1 is 1.55 bits per heavy atom. The van der Waals surface area contributed by atoms with Gasteiger partial charge in [-0.1, -0.05) is 6.08 Å². The van der Waals surface area contributed by atoms with Gasteiger partial charge in [0, 0.05) is 19.6 Å². The van der Waals surface area contributed by atoms with Gasteiger partial charge in [0.25, 0.3) is 0 Å². The first-order valence-electron chi connectivity index (χ1n) is 7.56. The fourth-order valence-electron chi connectivity index (χ4n) is 2.52. The second-order valence-corrected chi connectivity index (χ2v) is 5.47. The number of aryl methyl sites for hydroxylation is 1. The van der Waals surface area contributed by atoms with E-state index in [1.54, 1.807) is 6.08 Å². The predicted molar refractivity (Wildman–Crippen MR) is 85.0 cm³/mol. The van der Waals surface area contributed by atoms with Crippen LogP contribution in [0.5, 0.6) is 0 Å². The summed E-state index contributed by atoms with van der Waals surface area (Å²) in [5, 5.41) is 23.9. The zero-order valence-electron chi connectivity index (χ0n) is 13.2. The third-order valence-electron chi connectivity index (χ3n) is 3.98. The Balaban J connectivity index is 2.04. The van der Waals surface area contributed by atoms with Crippen LogP contribution in [0.15, 0.2) is 17.6 Å². The molecule has 1 aliphatic rings. The molecule has 1 aliphatic carbocycles. The average Bonchev–Trinajstić information content (AvgIpc) is 3.10. The monoisotopic (exact) mass is 301 g/mol. The largest absolute Gasteiger partial charge is 0.353 e. The Hall–Kier alpha value is -2.36. The van der Waals surface area contributed by atoms with Crippen molar-refractivity contribution < 1.29 is 0 Å². The summed E-state index contributed by atoms with van der Waals surface area (Å²) in [6.45, 7) is 6.67. The van der Waals surface area contributed by atoms with Crippen LogP contribution in [-0.2, 0) is 13.6 Å². The van der Waals surface area contributed by atoms with Crippen molar-refractivity contribution in [3.63, 3.8) is 0 Å². The van der Waals surface area contributed by atoms with E-state index in [2.05, 4.69) is 38.5 Å². The second kappa shape index (κ2) is 7.59. The van der Waals surface area contributed by atoms with Gasteiger partial charge in [-0.25, -0.2) is 4.99 Å². The van der Waals surface area contributed by atoms with Crippen molar-refractivity contribution in [2.24, 2.45) is 18.0 Å². The quantitative estimate of drug-likeness (QED) is 0.482. The van der Waals surface area contributed by atoms with Crippen LogP contribution >= 0.6 is 0 Å². The molecule has 2 unspecified atom stereocenters. The molecule has 0 spiro atoms. The molecule has 0 aromatic carbocycles. The number of hydrogen-bond donors (Lipinski definition) is 2. The molecule has 1 aromatic heterocycles. The molecule has 22 heavy (non-hydrogen) atoms. The Labute approximate surface area is 131 Å². The number of rotatable bonds is 5. The highest BCUT2D eigenvalue weighted by molar-refractivity contribution is 5.80. The van der Waals surface area contributed by atoms with E-state index < -0.39 is 0 Å². The van der Waals surface area contributed by atoms with Gasteiger partial charge in [0.15, 0.2) is 11.8 Å². The fourth-order valence-corrected chi connectivity index (χ4v) is 2.52. The fraction of sp³-hybridized carbons (Fsp3) is 0.600. The van der Waals surface area contributed by atoms with Crippen LogP contribution in [0.25, 0.3) is 0 Å². The van der Waals surface area contributed by atoms with Crippen LogP contribution in [0.4, 0.5) is 0 Å². The van der Waals surface area contributed by atoms with E-state index in [9.17, 15) is 5.26 Å². The highest BCUT2D eigenvalue weighted by Crippen LogP contribution is 2.24. The molecule has 0 radical (unpaired) electrons. The summed E-state index contributed by atoms with van der Waals surface area (Å²) in [5.74, 6) is 2.40. The molecule has 2 N–H and O–H groups in total. The van der Waals surface area contributed by atoms with Crippen molar-refractivity contribution >= 4 is 5.96 Å². The zero-order valence-corrected chi connectivity index (χ0v) is 13.2. The Morgan fingerprint density at radius 3 is 3.00 bits per heavy atom. The molecule has 2 atom stereocenters. The highest BCUT2D eigenvalue weighted by Gasteiger charge is 2.27. The van der Waals surface area contributed by atoms with Crippen LogP contribution in [0.2, 0.25) is 0 Å². The van der Waals surface area contributed by atoms with Gasteiger partial charge in [-0.2, -0.15) is 5.26 Å². The van der Waals surface area contributed by atoms with Crippen molar-refractivity contribution in [3.8, 4) is 6.07 Å². The number of guanidine groups is 1. The minimum Gasteiger partial charge on any atom is -0.353 e. The van der Waals surface area contributed by atoms with E-state index in [0.717, 1.165) is 30.9 Å². The van der Waals surface area contributed by atoms with Crippen LogP contribution in [0.3, 0.4) is 0 Å². The number of nitriles is 1. The van der Waals surface area contributed by atoms with Crippen LogP contribution < -0.4 is 10.6 Å². The van der Waals surface area contributed by atoms with Gasteiger partial charge in [-0.05, 0) is 26.2 Å². The normalized spacial score (nSPS) is 21.4. The van der Waals surface area contributed by atoms with E-state index in [1.807, 2.05) is 18.5 Å². The molecule has 1 fully saturated rings. The predicted octanol–water partition coefficient (Wildman–Crippen LogP) is 1.04. The third-order valence-corrected chi connectivity index (χ3v) is 3.98. The summed E-state index contributed by atoms with van der Waals surface area (Å²) in [4.78, 5) is 4.55. The summed E-state index contributed by atoms with van der Waals surface area (Å²) in [6.07, 6.45) is 4.80. The van der Waals surface area contributed by atoms with Crippen molar-refractivity contribution in [1.29, 1.82) is 5.26 Å². The second-order valence-electron chi connectivity index (χ2n) is 5.47. The molecule has 7 heteroatoms. The van der Waals surface area contributed by atoms with Gasteiger partial charge >= 0.3 is 0 Å². The van der Waals surface area contributed by atoms with Crippen LogP contribution in [0, 0.1) is 24.2 Å². The number of aromatic nitrogens is 3. The maximum absolute atomic E-state index is 9.18. The topological polar surface area (TPSA) is 90.9 Å². The molecule has 1 aromatic rings. The first-order valence-corrected chi connectivity index (χ1v) is 7.56. The van der Waals surface area contributed by atoms with Gasteiger partial charge in [-0.3, -0.25) is 0 Å². The Bertz CT molecular complexity index is 581. The lowest BCUT2D eigenvalue weighted by molar-refractivity contribution is 0.533. The molecular weight excluding hydrogens is 278 g/mol. The van der Waals surface area contributed by atoms with Crippen molar-refractivity contribution in [2.75, 3.05) is 6.54 Å². The van der Waals surface area contributed by atoms with Gasteiger partial charge in [0.2, 0.25) is 0 Å². The smallest absolute Gasteiger partial charge is 0.192 e. The van der Waals surface area contributed by atoms with E-state index in [-0.39, 0.29) is 12.0 Å². The maximum Gasteiger partial charge on any atom is 0.192 e. The Morgan fingerprint density at radius 2 is 2.36 bits per heavy atom. The number of hydrogen-bond acceptors (Lipinski definition) is 4. The Kier molecular flexibility index (Phi) is 5.53. The molecule has 2 rings (SSSR count). The average molecular weight is 301 g/mol. The van der Waals surface area contributed by atoms with Crippen molar-refractivity contribution in [2.45, 2.75) is 38.8 Å². The van der Waals surface area contributed by atoms with Gasteiger partial charge in [0.05, 0.1) is 12.0 Å². The van der Waals surface area contributed by atoms with Gasteiger partial charge in [0.1, 0.15) is 12.4 Å². The van der Waals surface area contributed by atoms with Gasteiger partial charge in [-0.15, -0.1) is 16.8 Å². The van der Waals surface area contributed by atoms with Gasteiger partial charge < -0.3 is 15.2 Å². The summed E-state index contributed by atoms with van der Waals surface area (Å²) in [5.41, 5.74) is 0. The minimum atomic E-state index is 0.0489. The molecular formula is C15H23N7. The molecule has 0 saturated heterocycles. The first-order chi connectivity index (χ1) is 10.7. The standard InChI is InChI=1S/C15H23N7/c1-4-8-17-15(19-13-7-5-6-12(13)9-16)18-10-14-21-20-11(2)22(14)3/h4,12-13H,1,5-8,10H2,2-3H3,(H2,17,18,19). The van der Waals surface area contributed by atoms with Crippen molar-refractivity contribution in [3.05, 3.63) is 24.3 Å². The number of aliphatic imine (C=N–C) groups is 1. The molecule has 0 aliphatic heterocycles. The van der Waals surface area contributed by atoms with Crippen molar-refractivity contribution in [1.82, 2.24) is 25.4 Å². The summed E-state index contributed by atoms with van der Waals surface area (Å²) >= 11 is 0. The lowest BCUT2D eigenvalue weighted by atomic mass is 10.1. The molecule has 1 heterocycles. The molecule has 1 saturated carbocycles. The molecule has 118 valence electrons. The minimum absolute atomic E-state index is 0.0489. The SMILES string of the molecule is C=CCNC(=NCc1nnc(C)n1C)NC1CCCC1C#N. The summed E-state index contributed by atoms with van der Waals surface area (Å²) in [6, 6.07) is 2.52. The number of nitrogens with one attached hydrogen (secondary N) is 2. The number of nitrogens with zero attached hydrogens (tertiary/aromatic N) is 5. The summed E-state index contributed by atoms with van der Waals surface area (Å²) < 4.78 is 1.92. The third kappa shape index (κ3) is 3.85. The highest BCUT2D eigenvalue weighted by atomic mass is 15.3. The maximum atomic E-state index is 9.18. The molecule has 7 nitrogen and oxygen atoms in total. The van der Waals surface area contributed by atoms with E-state index >= 15 is 0 Å². The lowest BCUT2D eigenvalue weighted by Gasteiger charge is -2.19. The van der Waals surface area contributed by atoms with Crippen LogP contribution in [0.1, 0.15) is 30.9 Å². The summed E-state index contributed by atoms with van der Waals surface area (Å²) in [7, 11) is 1.92. The van der Waals surface area contributed by atoms with E-state index in [1.165, 1.54) is 0 Å². The lowest BCUT2D eigenvalue weighted by Crippen LogP contribution is -2.44. The van der Waals surface area contributed by atoms with E-state index in [0.29, 0.717) is 19.0 Å². The molecule has 0 bridgehead atoms. The molecule has 0 amide bonds. The van der Waals surface area contributed by atoms with E-state index in [4.69, 9.17) is 0 Å². The zero-order chi connectivity index (χ0) is 15.9.